The van der Waals surface area contributed by atoms with Gasteiger partial charge >= 0.3 is 0 Å². The first-order valence-electron chi connectivity index (χ1n) is 6.21. The summed E-state index contributed by atoms with van der Waals surface area (Å²) < 4.78 is 0. The summed E-state index contributed by atoms with van der Waals surface area (Å²) in [4.78, 5) is 13.8. The minimum atomic E-state index is -0.787. The molecule has 0 N–H and O–H groups in total. The molecular formula is C15H14N2O. The van der Waals surface area contributed by atoms with Crippen LogP contribution in [0.3, 0.4) is 0 Å². The van der Waals surface area contributed by atoms with Gasteiger partial charge in [-0.1, -0.05) is 24.3 Å². The van der Waals surface area contributed by atoms with Crippen molar-refractivity contribution in [3.05, 3.63) is 41.1 Å². The first-order chi connectivity index (χ1) is 8.69. The van der Waals surface area contributed by atoms with E-state index in [2.05, 4.69) is 6.07 Å². The van der Waals surface area contributed by atoms with Gasteiger partial charge < -0.3 is 0 Å². The van der Waals surface area contributed by atoms with Crippen molar-refractivity contribution >= 4 is 12.0 Å². The minimum Gasteiger partial charge on any atom is -0.293 e. The van der Waals surface area contributed by atoms with E-state index >= 15 is 0 Å². The molecule has 0 bridgehead atoms. The highest BCUT2D eigenvalue weighted by Gasteiger charge is 2.47. The van der Waals surface area contributed by atoms with Crippen LogP contribution in [0, 0.1) is 11.3 Å². The number of piperidine rings is 1. The average Bonchev–Trinajstić information content (AvgIpc) is 2.38. The van der Waals surface area contributed by atoms with Crippen LogP contribution in [0.4, 0.5) is 0 Å². The molecule has 0 radical (unpaired) electrons. The Morgan fingerprint density at radius 2 is 2.17 bits per heavy atom. The molecule has 2 aliphatic heterocycles. The van der Waals surface area contributed by atoms with Crippen molar-refractivity contribution in [3.8, 4) is 6.07 Å². The Kier molecular flexibility index (Phi) is 2.27. The lowest BCUT2D eigenvalue weighted by molar-refractivity contribution is -0.136. The molecule has 0 spiro atoms. The quantitative estimate of drug-likeness (QED) is 0.697. The van der Waals surface area contributed by atoms with Crippen LogP contribution >= 0.6 is 0 Å². The molecule has 0 aromatic heterocycles. The van der Waals surface area contributed by atoms with E-state index < -0.39 is 5.54 Å². The molecule has 3 nitrogen and oxygen atoms in total. The summed E-state index contributed by atoms with van der Waals surface area (Å²) in [6.07, 6.45) is 4.03. The molecule has 2 aliphatic rings. The van der Waals surface area contributed by atoms with Crippen molar-refractivity contribution in [2.75, 3.05) is 0 Å². The standard InChI is InChI=1S/C15H14N2O/c1-11-9-12-5-2-3-6-13(12)15(10-16)8-4-7-14(18)17(11)15/h2-3,5-6,9H,4,7-8H2,1H3. The fourth-order valence-electron chi connectivity index (χ4n) is 3.14. The number of carbonyl (C=O) groups excluding carboxylic acids is 1. The number of hydrogen-bond donors (Lipinski definition) is 0. The van der Waals surface area contributed by atoms with Crippen LogP contribution in [0.5, 0.6) is 0 Å². The minimum absolute atomic E-state index is 0.0612. The maximum atomic E-state index is 12.1. The van der Waals surface area contributed by atoms with E-state index in [4.69, 9.17) is 0 Å². The average molecular weight is 238 g/mol. The van der Waals surface area contributed by atoms with Crippen LogP contribution < -0.4 is 0 Å². The number of nitriles is 1. The summed E-state index contributed by atoms with van der Waals surface area (Å²) in [5.74, 6) is 0.0612. The summed E-state index contributed by atoms with van der Waals surface area (Å²) in [5.41, 5.74) is 2.11. The highest BCUT2D eigenvalue weighted by Crippen LogP contribution is 2.45. The molecule has 0 aliphatic carbocycles. The van der Waals surface area contributed by atoms with Gasteiger partial charge in [0.15, 0.2) is 5.54 Å². The summed E-state index contributed by atoms with van der Waals surface area (Å²) >= 11 is 0. The van der Waals surface area contributed by atoms with Crippen LogP contribution in [0.1, 0.15) is 37.3 Å². The van der Waals surface area contributed by atoms with Crippen molar-refractivity contribution in [2.45, 2.75) is 31.7 Å². The number of amides is 1. The van der Waals surface area contributed by atoms with Crippen molar-refractivity contribution in [2.24, 2.45) is 0 Å². The summed E-state index contributed by atoms with van der Waals surface area (Å²) in [6, 6.07) is 10.3. The van der Waals surface area contributed by atoms with Crippen molar-refractivity contribution in [1.29, 1.82) is 5.26 Å². The number of carbonyl (C=O) groups is 1. The Balaban J connectivity index is 2.29. The van der Waals surface area contributed by atoms with Gasteiger partial charge in [-0.15, -0.1) is 0 Å². The second-order valence-electron chi connectivity index (χ2n) is 4.93. The van der Waals surface area contributed by atoms with Gasteiger partial charge in [-0.25, -0.2) is 0 Å². The van der Waals surface area contributed by atoms with Crippen LogP contribution in [0.15, 0.2) is 30.0 Å². The normalized spacial score (nSPS) is 25.9. The first-order valence-corrected chi connectivity index (χ1v) is 6.21. The van der Waals surface area contributed by atoms with Crippen molar-refractivity contribution in [3.63, 3.8) is 0 Å². The molecule has 1 amide bonds. The highest BCUT2D eigenvalue weighted by atomic mass is 16.2. The third-order valence-electron chi connectivity index (χ3n) is 3.87. The smallest absolute Gasteiger partial charge is 0.228 e. The summed E-state index contributed by atoms with van der Waals surface area (Å²) in [6.45, 7) is 1.91. The maximum absolute atomic E-state index is 12.1. The summed E-state index contributed by atoms with van der Waals surface area (Å²) in [5, 5.41) is 9.69. The fraction of sp³-hybridized carbons (Fsp3) is 0.333. The molecular weight excluding hydrogens is 224 g/mol. The lowest BCUT2D eigenvalue weighted by Gasteiger charge is -2.46. The molecule has 2 heterocycles. The third kappa shape index (κ3) is 1.26. The van der Waals surface area contributed by atoms with Gasteiger partial charge in [-0.3, -0.25) is 9.69 Å². The SMILES string of the molecule is CC1=Cc2ccccc2C2(C#N)CCCC(=O)N12. The van der Waals surface area contributed by atoms with Gasteiger partial charge in [0.2, 0.25) is 5.91 Å². The number of rotatable bonds is 0. The van der Waals surface area contributed by atoms with E-state index in [0.717, 1.165) is 29.7 Å². The molecule has 1 atom stereocenters. The Labute approximate surface area is 106 Å². The highest BCUT2D eigenvalue weighted by molar-refractivity contribution is 5.84. The molecule has 90 valence electrons. The van der Waals surface area contributed by atoms with Gasteiger partial charge in [0, 0.05) is 12.1 Å². The van der Waals surface area contributed by atoms with Gasteiger partial charge in [0.25, 0.3) is 0 Å². The van der Waals surface area contributed by atoms with Gasteiger partial charge in [0.05, 0.1) is 6.07 Å². The molecule has 1 fully saturated rings. The van der Waals surface area contributed by atoms with E-state index in [0.29, 0.717) is 6.42 Å². The second kappa shape index (κ2) is 3.71. The Hall–Kier alpha value is -2.08. The number of benzene rings is 1. The van der Waals surface area contributed by atoms with E-state index in [1.54, 1.807) is 4.90 Å². The van der Waals surface area contributed by atoms with E-state index in [1.807, 2.05) is 37.3 Å². The zero-order valence-corrected chi connectivity index (χ0v) is 10.3. The number of hydrogen-bond acceptors (Lipinski definition) is 2. The summed E-state index contributed by atoms with van der Waals surface area (Å²) in [7, 11) is 0. The van der Waals surface area contributed by atoms with Crippen molar-refractivity contribution < 1.29 is 4.79 Å². The first kappa shape index (κ1) is 11.0. The number of nitrogens with zero attached hydrogens (tertiary/aromatic N) is 2. The lowest BCUT2D eigenvalue weighted by atomic mass is 9.76. The van der Waals surface area contributed by atoms with Crippen LogP contribution in [-0.4, -0.2) is 10.8 Å². The van der Waals surface area contributed by atoms with Gasteiger partial charge in [0.1, 0.15) is 0 Å². The number of fused-ring (bicyclic) bond motifs is 3. The lowest BCUT2D eigenvalue weighted by Crippen LogP contribution is -2.52. The zero-order chi connectivity index (χ0) is 12.8. The largest absolute Gasteiger partial charge is 0.293 e. The Morgan fingerprint density at radius 1 is 1.39 bits per heavy atom. The molecule has 18 heavy (non-hydrogen) atoms. The Bertz CT molecular complexity index is 597. The predicted molar refractivity (Wildman–Crippen MR) is 68.1 cm³/mol. The third-order valence-corrected chi connectivity index (χ3v) is 3.87. The van der Waals surface area contributed by atoms with Crippen molar-refractivity contribution in [1.82, 2.24) is 4.90 Å². The molecule has 0 saturated carbocycles. The number of allylic oxidation sites excluding steroid dienone is 1. The van der Waals surface area contributed by atoms with Gasteiger partial charge in [-0.05, 0) is 37.0 Å². The van der Waals surface area contributed by atoms with E-state index in [1.165, 1.54) is 0 Å². The topological polar surface area (TPSA) is 44.1 Å². The fourth-order valence-corrected chi connectivity index (χ4v) is 3.14. The monoisotopic (exact) mass is 238 g/mol. The molecule has 1 aromatic carbocycles. The molecule has 3 rings (SSSR count). The van der Waals surface area contributed by atoms with Gasteiger partial charge in [-0.2, -0.15) is 5.26 Å². The second-order valence-corrected chi connectivity index (χ2v) is 4.93. The maximum Gasteiger partial charge on any atom is 0.228 e. The van der Waals surface area contributed by atoms with E-state index in [-0.39, 0.29) is 5.91 Å². The zero-order valence-electron chi connectivity index (χ0n) is 10.3. The molecule has 1 aromatic rings. The predicted octanol–water partition coefficient (Wildman–Crippen LogP) is 2.79. The van der Waals surface area contributed by atoms with Crippen LogP contribution in [-0.2, 0) is 10.3 Å². The molecule has 1 unspecified atom stereocenters. The molecule has 3 heteroatoms. The van der Waals surface area contributed by atoms with Crippen LogP contribution in [0.2, 0.25) is 0 Å². The van der Waals surface area contributed by atoms with Crippen LogP contribution in [0.25, 0.3) is 6.08 Å². The molecule has 1 saturated heterocycles. The Morgan fingerprint density at radius 3 is 2.94 bits per heavy atom. The van der Waals surface area contributed by atoms with E-state index in [9.17, 15) is 10.1 Å².